The lowest BCUT2D eigenvalue weighted by atomic mass is 10.1. The summed E-state index contributed by atoms with van der Waals surface area (Å²) < 4.78 is 0. The Bertz CT molecular complexity index is 350. The molecular formula is C9H10ClNO2. The van der Waals surface area contributed by atoms with Gasteiger partial charge in [0.05, 0.1) is 10.6 Å². The molecule has 0 atom stereocenters. The maximum Gasteiger partial charge on any atom is 0.337 e. The molecule has 0 aromatic heterocycles. The van der Waals surface area contributed by atoms with Crippen LogP contribution in [-0.4, -0.2) is 11.1 Å². The summed E-state index contributed by atoms with van der Waals surface area (Å²) >= 11 is 5.85. The largest absolute Gasteiger partial charge is 0.478 e. The molecule has 0 saturated heterocycles. The highest BCUT2D eigenvalue weighted by atomic mass is 35.5. The van der Waals surface area contributed by atoms with Gasteiger partial charge in [0.1, 0.15) is 0 Å². The smallest absolute Gasteiger partial charge is 0.337 e. The number of aromatic carboxylic acids is 1. The third kappa shape index (κ3) is 1.82. The minimum absolute atomic E-state index is 0.143. The molecule has 0 unspecified atom stereocenters. The molecular weight excluding hydrogens is 190 g/mol. The molecule has 0 aliphatic carbocycles. The van der Waals surface area contributed by atoms with Crippen LogP contribution in [0.4, 0.5) is 0 Å². The lowest BCUT2D eigenvalue weighted by Crippen LogP contribution is -2.05. The number of carboxylic acids is 1. The highest BCUT2D eigenvalue weighted by Gasteiger charge is 2.14. The highest BCUT2D eigenvalue weighted by Crippen LogP contribution is 2.24. The first-order valence-corrected chi connectivity index (χ1v) is 4.17. The van der Waals surface area contributed by atoms with Crippen LogP contribution < -0.4 is 5.73 Å². The van der Waals surface area contributed by atoms with Crippen molar-refractivity contribution in [1.82, 2.24) is 0 Å². The van der Waals surface area contributed by atoms with Gasteiger partial charge < -0.3 is 10.8 Å². The van der Waals surface area contributed by atoms with Crippen molar-refractivity contribution in [2.75, 3.05) is 0 Å². The SMILES string of the molecule is Cc1ccc(CN)c(Cl)c1C(=O)O. The number of hydrogen-bond donors (Lipinski definition) is 2. The van der Waals surface area contributed by atoms with Gasteiger partial charge in [0.2, 0.25) is 0 Å². The molecule has 0 amide bonds. The van der Waals surface area contributed by atoms with Crippen molar-refractivity contribution in [3.05, 3.63) is 33.8 Å². The fourth-order valence-corrected chi connectivity index (χ4v) is 1.51. The highest BCUT2D eigenvalue weighted by molar-refractivity contribution is 6.34. The fourth-order valence-electron chi connectivity index (χ4n) is 1.14. The Labute approximate surface area is 81.1 Å². The van der Waals surface area contributed by atoms with Crippen LogP contribution in [-0.2, 0) is 6.54 Å². The first-order chi connectivity index (χ1) is 6.07. The van der Waals surface area contributed by atoms with E-state index in [1.165, 1.54) is 0 Å². The molecule has 1 aromatic rings. The number of hydrogen-bond acceptors (Lipinski definition) is 2. The monoisotopic (exact) mass is 199 g/mol. The topological polar surface area (TPSA) is 63.3 Å². The van der Waals surface area contributed by atoms with E-state index in [1.807, 2.05) is 0 Å². The van der Waals surface area contributed by atoms with Gasteiger partial charge in [0, 0.05) is 6.54 Å². The number of aryl methyl sites for hydroxylation is 1. The number of benzene rings is 1. The molecule has 0 saturated carbocycles. The van der Waals surface area contributed by atoms with Gasteiger partial charge in [-0.05, 0) is 18.1 Å². The first-order valence-electron chi connectivity index (χ1n) is 3.79. The van der Waals surface area contributed by atoms with Crippen LogP contribution in [0, 0.1) is 6.92 Å². The molecule has 70 valence electrons. The molecule has 0 aliphatic rings. The molecule has 4 heteroatoms. The summed E-state index contributed by atoms with van der Waals surface area (Å²) in [4.78, 5) is 10.8. The van der Waals surface area contributed by atoms with Gasteiger partial charge in [-0.3, -0.25) is 0 Å². The Morgan fingerprint density at radius 2 is 2.23 bits per heavy atom. The van der Waals surface area contributed by atoms with Gasteiger partial charge in [-0.1, -0.05) is 23.7 Å². The maximum absolute atomic E-state index is 10.8. The van der Waals surface area contributed by atoms with Crippen LogP contribution in [0.1, 0.15) is 21.5 Å². The molecule has 0 fully saturated rings. The number of nitrogens with two attached hydrogens (primary N) is 1. The number of carbonyl (C=O) groups is 1. The summed E-state index contributed by atoms with van der Waals surface area (Å²) in [6.07, 6.45) is 0. The van der Waals surface area contributed by atoms with E-state index in [4.69, 9.17) is 22.4 Å². The molecule has 3 nitrogen and oxygen atoms in total. The fraction of sp³-hybridized carbons (Fsp3) is 0.222. The van der Waals surface area contributed by atoms with E-state index in [0.29, 0.717) is 11.1 Å². The van der Waals surface area contributed by atoms with Crippen molar-refractivity contribution < 1.29 is 9.90 Å². The van der Waals surface area contributed by atoms with Crippen LogP contribution in [0.25, 0.3) is 0 Å². The lowest BCUT2D eigenvalue weighted by Gasteiger charge is -2.07. The van der Waals surface area contributed by atoms with E-state index in [0.717, 1.165) is 0 Å². The van der Waals surface area contributed by atoms with Crippen LogP contribution in [0.15, 0.2) is 12.1 Å². The summed E-state index contributed by atoms with van der Waals surface area (Å²) in [5, 5.41) is 9.09. The molecule has 1 rings (SSSR count). The zero-order valence-corrected chi connectivity index (χ0v) is 7.93. The van der Waals surface area contributed by atoms with E-state index < -0.39 is 5.97 Å². The second-order valence-corrected chi connectivity index (χ2v) is 3.12. The molecule has 1 aromatic carbocycles. The molecule has 13 heavy (non-hydrogen) atoms. The van der Waals surface area contributed by atoms with Gasteiger partial charge in [0.15, 0.2) is 0 Å². The lowest BCUT2D eigenvalue weighted by molar-refractivity contribution is 0.0696. The first kappa shape index (κ1) is 10.0. The van der Waals surface area contributed by atoms with Crippen molar-refractivity contribution in [2.24, 2.45) is 5.73 Å². The summed E-state index contributed by atoms with van der Waals surface area (Å²) in [6.45, 7) is 1.95. The van der Waals surface area contributed by atoms with Crippen LogP contribution in [0.3, 0.4) is 0 Å². The van der Waals surface area contributed by atoms with Crippen LogP contribution in [0.5, 0.6) is 0 Å². The summed E-state index contributed by atoms with van der Waals surface area (Å²) in [7, 11) is 0. The Morgan fingerprint density at radius 1 is 1.62 bits per heavy atom. The van der Waals surface area contributed by atoms with Crippen molar-refractivity contribution in [2.45, 2.75) is 13.5 Å². The summed E-state index contributed by atoms with van der Waals surface area (Å²) in [6, 6.07) is 3.45. The normalized spacial score (nSPS) is 10.1. The van der Waals surface area contributed by atoms with Gasteiger partial charge in [0.25, 0.3) is 0 Å². The van der Waals surface area contributed by atoms with E-state index >= 15 is 0 Å². The summed E-state index contributed by atoms with van der Waals surface area (Å²) in [5.74, 6) is -1.02. The second kappa shape index (κ2) is 3.77. The predicted octanol–water partition coefficient (Wildman–Crippen LogP) is 1.81. The maximum atomic E-state index is 10.8. The van der Waals surface area contributed by atoms with E-state index in [-0.39, 0.29) is 17.1 Å². The zero-order chi connectivity index (χ0) is 10.0. The van der Waals surface area contributed by atoms with E-state index in [9.17, 15) is 4.79 Å². The molecule has 3 N–H and O–H groups in total. The number of carboxylic acid groups (broad SMARTS) is 1. The van der Waals surface area contributed by atoms with Crippen molar-refractivity contribution >= 4 is 17.6 Å². The van der Waals surface area contributed by atoms with Gasteiger partial charge in [-0.15, -0.1) is 0 Å². The minimum atomic E-state index is -1.02. The quantitative estimate of drug-likeness (QED) is 0.764. The number of rotatable bonds is 2. The third-order valence-electron chi connectivity index (χ3n) is 1.86. The number of halogens is 1. The van der Waals surface area contributed by atoms with Crippen molar-refractivity contribution in [3.63, 3.8) is 0 Å². The van der Waals surface area contributed by atoms with Crippen LogP contribution in [0.2, 0.25) is 5.02 Å². The standard InChI is InChI=1S/C9H10ClNO2/c1-5-2-3-6(4-11)8(10)7(5)9(12)13/h2-3H,4,11H2,1H3,(H,12,13). The zero-order valence-electron chi connectivity index (χ0n) is 7.17. The molecule has 0 aliphatic heterocycles. The molecule has 0 bridgehead atoms. The molecule has 0 spiro atoms. The Balaban J connectivity index is 3.38. The van der Waals surface area contributed by atoms with Gasteiger partial charge in [-0.2, -0.15) is 0 Å². The predicted molar refractivity (Wildman–Crippen MR) is 51.0 cm³/mol. The second-order valence-electron chi connectivity index (χ2n) is 2.74. The molecule has 0 radical (unpaired) electrons. The van der Waals surface area contributed by atoms with Gasteiger partial charge in [-0.25, -0.2) is 4.79 Å². The third-order valence-corrected chi connectivity index (χ3v) is 2.30. The summed E-state index contributed by atoms with van der Waals surface area (Å²) in [5.41, 5.74) is 6.84. The van der Waals surface area contributed by atoms with Crippen molar-refractivity contribution in [3.8, 4) is 0 Å². The average Bonchev–Trinajstić information content (AvgIpc) is 2.04. The average molecular weight is 200 g/mol. The van der Waals surface area contributed by atoms with Crippen LogP contribution >= 0.6 is 11.6 Å². The minimum Gasteiger partial charge on any atom is -0.478 e. The van der Waals surface area contributed by atoms with E-state index in [2.05, 4.69) is 0 Å². The van der Waals surface area contributed by atoms with Gasteiger partial charge >= 0.3 is 5.97 Å². The Morgan fingerprint density at radius 3 is 2.69 bits per heavy atom. The van der Waals surface area contributed by atoms with E-state index in [1.54, 1.807) is 19.1 Å². The Kier molecular flexibility index (Phi) is 2.90. The van der Waals surface area contributed by atoms with Crippen molar-refractivity contribution in [1.29, 1.82) is 0 Å². The molecule has 0 heterocycles. The Hall–Kier alpha value is -1.06.